The van der Waals surface area contributed by atoms with Crippen molar-refractivity contribution >= 4 is 11.3 Å². The Morgan fingerprint density at radius 2 is 2.10 bits per heavy atom. The molecular weight excluding hydrogens is 284 g/mol. The molecule has 2 aromatic heterocycles. The molecule has 0 bridgehead atoms. The van der Waals surface area contributed by atoms with Gasteiger partial charge in [0.25, 0.3) is 0 Å². The van der Waals surface area contributed by atoms with Gasteiger partial charge in [0.05, 0.1) is 29.5 Å². The van der Waals surface area contributed by atoms with E-state index < -0.39 is 0 Å². The van der Waals surface area contributed by atoms with Crippen LogP contribution >= 0.6 is 11.3 Å². The lowest BCUT2D eigenvalue weighted by Crippen LogP contribution is -2.22. The van der Waals surface area contributed by atoms with Crippen molar-refractivity contribution in [2.24, 2.45) is 0 Å². The summed E-state index contributed by atoms with van der Waals surface area (Å²) >= 11 is 1.69. The molecule has 0 aliphatic heterocycles. The van der Waals surface area contributed by atoms with E-state index in [1.165, 1.54) is 11.3 Å². The topological polar surface area (TPSA) is 52.0 Å². The van der Waals surface area contributed by atoms with Crippen molar-refractivity contribution < 1.29 is 4.74 Å². The molecule has 5 nitrogen and oxygen atoms in total. The highest BCUT2D eigenvalue weighted by Crippen LogP contribution is 2.16. The summed E-state index contributed by atoms with van der Waals surface area (Å²) < 4.78 is 7.09. The largest absolute Gasteiger partial charge is 0.383 e. The van der Waals surface area contributed by atoms with Crippen LogP contribution < -0.4 is 5.32 Å². The number of ether oxygens (including phenoxy) is 1. The lowest BCUT2D eigenvalue weighted by molar-refractivity contribution is 0.199. The summed E-state index contributed by atoms with van der Waals surface area (Å²) in [6.07, 6.45) is 0.997. The van der Waals surface area contributed by atoms with Gasteiger partial charge in [-0.2, -0.15) is 5.10 Å². The van der Waals surface area contributed by atoms with Crippen LogP contribution in [0.1, 0.15) is 27.7 Å². The van der Waals surface area contributed by atoms with Crippen LogP contribution in [0.15, 0.2) is 5.38 Å². The van der Waals surface area contributed by atoms with Crippen LogP contribution in [0.25, 0.3) is 0 Å². The van der Waals surface area contributed by atoms with Crippen LogP contribution in [0, 0.1) is 20.8 Å². The fourth-order valence-corrected chi connectivity index (χ4v) is 3.00. The Kier molecular flexibility index (Phi) is 5.90. The molecular formula is C15H24N4OS. The van der Waals surface area contributed by atoms with Crippen molar-refractivity contribution in [1.29, 1.82) is 0 Å². The fourth-order valence-electron chi connectivity index (χ4n) is 2.40. The number of nitrogens with one attached hydrogen (secondary N) is 1. The second kappa shape index (κ2) is 7.68. The van der Waals surface area contributed by atoms with Crippen molar-refractivity contribution in [3.63, 3.8) is 0 Å². The second-order valence-corrected chi connectivity index (χ2v) is 6.22. The molecule has 2 aromatic rings. The van der Waals surface area contributed by atoms with E-state index in [2.05, 4.69) is 39.3 Å². The first-order valence-electron chi connectivity index (χ1n) is 7.25. The predicted molar refractivity (Wildman–Crippen MR) is 86.1 cm³/mol. The Morgan fingerprint density at radius 3 is 2.76 bits per heavy atom. The Hall–Kier alpha value is -1.24. The Balaban J connectivity index is 1.96. The van der Waals surface area contributed by atoms with Crippen molar-refractivity contribution in [2.75, 3.05) is 26.8 Å². The molecule has 6 heteroatoms. The van der Waals surface area contributed by atoms with Crippen molar-refractivity contribution in [3.05, 3.63) is 33.0 Å². The van der Waals surface area contributed by atoms with Crippen LogP contribution in [0.3, 0.4) is 0 Å². The number of rotatable bonds is 8. The van der Waals surface area contributed by atoms with Crippen molar-refractivity contribution in [1.82, 2.24) is 20.1 Å². The van der Waals surface area contributed by atoms with Crippen LogP contribution in [0.4, 0.5) is 0 Å². The van der Waals surface area contributed by atoms with E-state index in [0.29, 0.717) is 0 Å². The van der Waals surface area contributed by atoms with Crippen LogP contribution in [-0.4, -0.2) is 41.6 Å². The number of hydrogen-bond acceptors (Lipinski definition) is 5. The Morgan fingerprint density at radius 1 is 1.29 bits per heavy atom. The normalized spacial score (nSPS) is 11.2. The fraction of sp³-hybridized carbons (Fsp3) is 0.600. The molecule has 1 N–H and O–H groups in total. The van der Waals surface area contributed by atoms with Gasteiger partial charge in [0.1, 0.15) is 0 Å². The van der Waals surface area contributed by atoms with E-state index in [0.717, 1.165) is 49.1 Å². The first kappa shape index (κ1) is 16.1. The van der Waals surface area contributed by atoms with Gasteiger partial charge in [-0.15, -0.1) is 11.3 Å². The number of hydrogen-bond donors (Lipinski definition) is 1. The SMILES string of the molecule is COCCNCCc1c(C)nn(Cc2csc(C)n2)c1C. The minimum absolute atomic E-state index is 0.750. The number of thiazole rings is 1. The smallest absolute Gasteiger partial charge is 0.0898 e. The third-order valence-electron chi connectivity index (χ3n) is 3.54. The highest BCUT2D eigenvalue weighted by molar-refractivity contribution is 7.09. The number of aryl methyl sites for hydroxylation is 2. The Bertz CT molecular complexity index is 576. The first-order chi connectivity index (χ1) is 10.1. The monoisotopic (exact) mass is 308 g/mol. The van der Waals surface area contributed by atoms with E-state index in [-0.39, 0.29) is 0 Å². The van der Waals surface area contributed by atoms with Gasteiger partial charge in [0.2, 0.25) is 0 Å². The molecule has 116 valence electrons. The highest BCUT2D eigenvalue weighted by atomic mass is 32.1. The summed E-state index contributed by atoms with van der Waals surface area (Å²) in [6, 6.07) is 0. The molecule has 0 atom stereocenters. The van der Waals surface area contributed by atoms with E-state index in [4.69, 9.17) is 4.74 Å². The number of nitrogens with zero attached hydrogens (tertiary/aromatic N) is 3. The average Bonchev–Trinajstić information content (AvgIpc) is 2.96. The molecule has 0 spiro atoms. The van der Waals surface area contributed by atoms with Crippen LogP contribution in [0.2, 0.25) is 0 Å². The van der Waals surface area contributed by atoms with Gasteiger partial charge >= 0.3 is 0 Å². The molecule has 2 heterocycles. The third kappa shape index (κ3) is 4.36. The van der Waals surface area contributed by atoms with Gasteiger partial charge in [0.15, 0.2) is 0 Å². The predicted octanol–water partition coefficient (Wildman–Crippen LogP) is 2.09. The zero-order chi connectivity index (χ0) is 15.2. The van der Waals surface area contributed by atoms with Gasteiger partial charge in [-0.1, -0.05) is 0 Å². The van der Waals surface area contributed by atoms with E-state index in [1.54, 1.807) is 18.4 Å². The molecule has 21 heavy (non-hydrogen) atoms. The Labute approximate surface area is 130 Å². The standard InChI is InChI=1S/C15H24N4OS/c1-11-15(5-6-16-7-8-20-4)12(2)19(18-11)9-14-10-21-13(3)17-14/h10,16H,5-9H2,1-4H3. The minimum Gasteiger partial charge on any atom is -0.383 e. The molecule has 0 aliphatic rings. The molecule has 0 unspecified atom stereocenters. The minimum atomic E-state index is 0.750. The molecule has 0 aromatic carbocycles. The number of aromatic nitrogens is 3. The maximum absolute atomic E-state index is 5.03. The average molecular weight is 308 g/mol. The quantitative estimate of drug-likeness (QED) is 0.759. The van der Waals surface area contributed by atoms with Crippen LogP contribution in [-0.2, 0) is 17.7 Å². The zero-order valence-corrected chi connectivity index (χ0v) is 14.1. The molecule has 0 saturated heterocycles. The van der Waals surface area contributed by atoms with E-state index in [9.17, 15) is 0 Å². The third-order valence-corrected chi connectivity index (χ3v) is 4.37. The molecule has 0 amide bonds. The van der Waals surface area contributed by atoms with E-state index in [1.807, 2.05) is 6.92 Å². The van der Waals surface area contributed by atoms with E-state index >= 15 is 0 Å². The van der Waals surface area contributed by atoms with Gasteiger partial charge in [-0.25, -0.2) is 4.98 Å². The lowest BCUT2D eigenvalue weighted by Gasteiger charge is -2.05. The van der Waals surface area contributed by atoms with Crippen molar-refractivity contribution in [2.45, 2.75) is 33.7 Å². The summed E-state index contributed by atoms with van der Waals surface area (Å²) in [6.45, 7) is 9.61. The molecule has 0 saturated carbocycles. The van der Waals surface area contributed by atoms with Gasteiger partial charge in [0, 0.05) is 24.7 Å². The molecule has 0 aliphatic carbocycles. The van der Waals surface area contributed by atoms with Crippen molar-refractivity contribution in [3.8, 4) is 0 Å². The zero-order valence-electron chi connectivity index (χ0n) is 13.3. The molecule has 2 rings (SSSR count). The lowest BCUT2D eigenvalue weighted by atomic mass is 10.1. The molecule has 0 radical (unpaired) electrons. The summed E-state index contributed by atoms with van der Waals surface area (Å²) in [5, 5.41) is 11.3. The van der Waals surface area contributed by atoms with Gasteiger partial charge in [-0.05, 0) is 39.3 Å². The summed E-state index contributed by atoms with van der Waals surface area (Å²) in [7, 11) is 1.72. The number of methoxy groups -OCH3 is 1. The second-order valence-electron chi connectivity index (χ2n) is 5.16. The highest BCUT2D eigenvalue weighted by Gasteiger charge is 2.12. The molecule has 0 fully saturated rings. The first-order valence-corrected chi connectivity index (χ1v) is 8.13. The van der Waals surface area contributed by atoms with Crippen LogP contribution in [0.5, 0.6) is 0 Å². The van der Waals surface area contributed by atoms with Gasteiger partial charge < -0.3 is 10.1 Å². The maximum Gasteiger partial charge on any atom is 0.0898 e. The maximum atomic E-state index is 5.03. The van der Waals surface area contributed by atoms with Gasteiger partial charge in [-0.3, -0.25) is 4.68 Å². The summed E-state index contributed by atoms with van der Waals surface area (Å²) in [4.78, 5) is 4.51. The summed E-state index contributed by atoms with van der Waals surface area (Å²) in [5.41, 5.74) is 4.79. The summed E-state index contributed by atoms with van der Waals surface area (Å²) in [5.74, 6) is 0.